The van der Waals surface area contributed by atoms with E-state index in [-0.39, 0.29) is 12.3 Å². The lowest BCUT2D eigenvalue weighted by Crippen LogP contribution is -1.87. The maximum Gasteiger partial charge on any atom is 0.137 e. The molecule has 92 valence electrons. The van der Waals surface area contributed by atoms with Gasteiger partial charge in [0.05, 0.1) is 6.54 Å². The lowest BCUT2D eigenvalue weighted by Gasteiger charge is -2.03. The Labute approximate surface area is 107 Å². The summed E-state index contributed by atoms with van der Waals surface area (Å²) in [6.45, 7) is 1.81. The topological polar surface area (TPSA) is 95.0 Å². The van der Waals surface area contributed by atoms with Crippen molar-refractivity contribution >= 4 is 11.6 Å². The normalized spacial score (nSPS) is 10.1. The first kappa shape index (κ1) is 12.3. The van der Waals surface area contributed by atoms with Crippen LogP contribution in [0.15, 0.2) is 27.8 Å². The predicted octanol–water partition coefficient (Wildman–Crippen LogP) is 3.82. The molecule has 0 bridgehead atoms. The van der Waals surface area contributed by atoms with E-state index in [1.807, 2.05) is 0 Å². The maximum atomic E-state index is 9.80. The van der Waals surface area contributed by atoms with E-state index in [4.69, 9.17) is 21.7 Å². The first-order valence-corrected chi connectivity index (χ1v) is 5.46. The van der Waals surface area contributed by atoms with E-state index in [2.05, 4.69) is 15.2 Å². The van der Waals surface area contributed by atoms with E-state index in [0.29, 0.717) is 27.6 Å². The number of azide groups is 1. The van der Waals surface area contributed by atoms with Crippen LogP contribution in [-0.2, 0) is 6.54 Å². The summed E-state index contributed by atoms with van der Waals surface area (Å²) in [7, 11) is 0. The fraction of sp³-hybridized carbons (Fsp3) is 0.182. The smallest absolute Gasteiger partial charge is 0.137 e. The van der Waals surface area contributed by atoms with Crippen molar-refractivity contribution in [2.75, 3.05) is 0 Å². The number of aromatic hydroxyl groups is 1. The Morgan fingerprint density at radius 1 is 1.56 bits per heavy atom. The van der Waals surface area contributed by atoms with Gasteiger partial charge in [-0.2, -0.15) is 0 Å². The van der Waals surface area contributed by atoms with Crippen molar-refractivity contribution in [3.8, 4) is 17.0 Å². The number of phenolic OH excluding ortho intramolecular Hbond substituents is 1. The zero-order valence-electron chi connectivity index (χ0n) is 9.46. The number of aryl methyl sites for hydroxylation is 1. The average Bonchev–Trinajstić information content (AvgIpc) is 2.71. The maximum absolute atomic E-state index is 9.80. The highest BCUT2D eigenvalue weighted by atomic mass is 35.5. The Balaban J connectivity index is 2.56. The molecule has 1 N–H and O–H groups in total. The van der Waals surface area contributed by atoms with E-state index in [1.165, 1.54) is 6.07 Å². The largest absolute Gasteiger partial charge is 0.507 e. The molecule has 1 heterocycles. The number of aromatic nitrogens is 1. The molecule has 0 aliphatic carbocycles. The molecule has 0 radical (unpaired) electrons. The van der Waals surface area contributed by atoms with E-state index in [9.17, 15) is 5.11 Å². The summed E-state index contributed by atoms with van der Waals surface area (Å²) in [4.78, 5) is 2.69. The second-order valence-electron chi connectivity index (χ2n) is 3.62. The first-order valence-electron chi connectivity index (χ1n) is 5.08. The summed E-state index contributed by atoms with van der Waals surface area (Å²) in [6.07, 6.45) is 0. The third-order valence-electron chi connectivity index (χ3n) is 2.49. The van der Waals surface area contributed by atoms with Crippen LogP contribution in [0.1, 0.15) is 11.3 Å². The van der Waals surface area contributed by atoms with Crippen molar-refractivity contribution < 1.29 is 9.63 Å². The summed E-state index contributed by atoms with van der Waals surface area (Å²) in [6, 6.07) is 4.62. The van der Waals surface area contributed by atoms with Gasteiger partial charge in [-0.15, -0.1) is 0 Å². The van der Waals surface area contributed by atoms with Gasteiger partial charge in [0.15, 0.2) is 0 Å². The van der Waals surface area contributed by atoms with Crippen LogP contribution in [0.2, 0.25) is 5.02 Å². The molecule has 6 nitrogen and oxygen atoms in total. The van der Waals surface area contributed by atoms with E-state index in [1.54, 1.807) is 19.1 Å². The molecule has 0 unspecified atom stereocenters. The van der Waals surface area contributed by atoms with Gasteiger partial charge in [0, 0.05) is 21.1 Å². The molecule has 0 aliphatic rings. The molecule has 1 aromatic carbocycles. The van der Waals surface area contributed by atoms with Gasteiger partial charge in [-0.25, -0.2) is 0 Å². The molecule has 0 saturated heterocycles. The zero-order chi connectivity index (χ0) is 13.1. The molecule has 2 aromatic rings. The molecule has 18 heavy (non-hydrogen) atoms. The van der Waals surface area contributed by atoms with Gasteiger partial charge in [0.25, 0.3) is 0 Å². The van der Waals surface area contributed by atoms with Crippen LogP contribution in [0.5, 0.6) is 5.75 Å². The molecule has 0 saturated carbocycles. The van der Waals surface area contributed by atoms with Crippen molar-refractivity contribution in [2.24, 2.45) is 5.11 Å². The van der Waals surface area contributed by atoms with Crippen molar-refractivity contribution in [1.82, 2.24) is 5.16 Å². The molecular weight excluding hydrogens is 256 g/mol. The Morgan fingerprint density at radius 3 is 3.06 bits per heavy atom. The molecular formula is C11H9ClN4O2. The minimum atomic E-state index is 0.0369. The van der Waals surface area contributed by atoms with Gasteiger partial charge in [0.2, 0.25) is 0 Å². The second-order valence-corrected chi connectivity index (χ2v) is 4.05. The lowest BCUT2D eigenvalue weighted by molar-refractivity contribution is 0.397. The van der Waals surface area contributed by atoms with Crippen LogP contribution in [0.4, 0.5) is 0 Å². The third-order valence-corrected chi connectivity index (χ3v) is 2.73. The number of halogens is 1. The van der Waals surface area contributed by atoms with Crippen molar-refractivity contribution in [1.29, 1.82) is 0 Å². The predicted molar refractivity (Wildman–Crippen MR) is 66.2 cm³/mol. The Bertz CT molecular complexity index is 632. The van der Waals surface area contributed by atoms with Gasteiger partial charge in [-0.1, -0.05) is 21.9 Å². The van der Waals surface area contributed by atoms with E-state index in [0.717, 1.165) is 0 Å². The number of benzene rings is 1. The van der Waals surface area contributed by atoms with Gasteiger partial charge >= 0.3 is 0 Å². The minimum Gasteiger partial charge on any atom is -0.507 e. The second kappa shape index (κ2) is 5.00. The molecule has 7 heteroatoms. The number of phenols is 1. The number of hydrogen-bond acceptors (Lipinski definition) is 4. The number of nitrogens with zero attached hydrogens (tertiary/aromatic N) is 4. The molecule has 0 spiro atoms. The highest BCUT2D eigenvalue weighted by molar-refractivity contribution is 6.30. The van der Waals surface area contributed by atoms with Crippen LogP contribution in [0.3, 0.4) is 0 Å². The SMILES string of the molecule is Cc1onc(-c2cc(Cl)ccc2O)c1CN=[N+]=[N-]. The van der Waals surface area contributed by atoms with Gasteiger partial charge < -0.3 is 9.63 Å². The first-order chi connectivity index (χ1) is 8.63. The van der Waals surface area contributed by atoms with Crippen molar-refractivity contribution in [2.45, 2.75) is 13.5 Å². The third kappa shape index (κ3) is 2.25. The quantitative estimate of drug-likeness (QED) is 0.518. The van der Waals surface area contributed by atoms with E-state index >= 15 is 0 Å². The summed E-state index contributed by atoms with van der Waals surface area (Å²) in [5.41, 5.74) is 9.86. The minimum absolute atomic E-state index is 0.0369. The molecule has 1 aromatic heterocycles. The number of hydrogen-bond donors (Lipinski definition) is 1. The van der Waals surface area contributed by atoms with Gasteiger partial charge in [-0.3, -0.25) is 0 Å². The highest BCUT2D eigenvalue weighted by Crippen LogP contribution is 2.34. The molecule has 0 fully saturated rings. The average molecular weight is 265 g/mol. The Hall–Kier alpha value is -2.17. The summed E-state index contributed by atoms with van der Waals surface area (Å²) < 4.78 is 5.05. The highest BCUT2D eigenvalue weighted by Gasteiger charge is 2.17. The molecule has 0 amide bonds. The fourth-order valence-corrected chi connectivity index (χ4v) is 1.76. The Morgan fingerprint density at radius 2 is 2.33 bits per heavy atom. The molecule has 0 aliphatic heterocycles. The monoisotopic (exact) mass is 264 g/mol. The Kier molecular flexibility index (Phi) is 3.41. The lowest BCUT2D eigenvalue weighted by atomic mass is 10.1. The molecule has 2 rings (SSSR count). The van der Waals surface area contributed by atoms with Crippen LogP contribution in [0.25, 0.3) is 21.7 Å². The van der Waals surface area contributed by atoms with E-state index < -0.39 is 0 Å². The van der Waals surface area contributed by atoms with Crippen molar-refractivity contribution in [3.63, 3.8) is 0 Å². The van der Waals surface area contributed by atoms with Gasteiger partial charge in [-0.05, 0) is 30.7 Å². The summed E-state index contributed by atoms with van der Waals surface area (Å²) in [5, 5.41) is 17.6. The van der Waals surface area contributed by atoms with Crippen molar-refractivity contribution in [3.05, 3.63) is 45.0 Å². The zero-order valence-corrected chi connectivity index (χ0v) is 10.2. The van der Waals surface area contributed by atoms with Crippen LogP contribution < -0.4 is 0 Å². The number of rotatable bonds is 3. The van der Waals surface area contributed by atoms with Crippen LogP contribution >= 0.6 is 11.6 Å². The van der Waals surface area contributed by atoms with Crippen LogP contribution in [-0.4, -0.2) is 10.3 Å². The molecule has 0 atom stereocenters. The fourth-order valence-electron chi connectivity index (χ4n) is 1.59. The van der Waals surface area contributed by atoms with Crippen LogP contribution in [0, 0.1) is 6.92 Å². The summed E-state index contributed by atoms with van der Waals surface area (Å²) in [5.74, 6) is 0.576. The van der Waals surface area contributed by atoms with Gasteiger partial charge in [0.1, 0.15) is 17.2 Å². The summed E-state index contributed by atoms with van der Waals surface area (Å²) >= 11 is 5.88. The standard InChI is InChI=1S/C11H9ClN4O2/c1-6-9(5-14-16-13)11(15-18-6)8-4-7(12)2-3-10(8)17/h2-4,17H,5H2,1H3.